The minimum atomic E-state index is 0. The van der Waals surface area contributed by atoms with E-state index in [4.69, 9.17) is 20.4 Å². The topological polar surface area (TPSA) is 123 Å². The number of nitrogens with zero attached hydrogens (tertiary/aromatic N) is 12. The van der Waals surface area contributed by atoms with Gasteiger partial charge in [-0.15, -0.1) is 40.8 Å². The Morgan fingerprint density at radius 1 is 0.196 bits per heavy atom. The molecule has 0 N–H and O–H groups in total. The zero-order chi connectivity index (χ0) is 65.3. The average molecular weight is 1270 g/mol. The van der Waals surface area contributed by atoms with Gasteiger partial charge >= 0.3 is 0 Å². The highest BCUT2D eigenvalue weighted by atomic mass is 15.5. The van der Waals surface area contributed by atoms with E-state index in [2.05, 4.69) is 301 Å². The van der Waals surface area contributed by atoms with E-state index < -0.39 is 0 Å². The number of hydrogen-bond donors (Lipinski definition) is 0. The Morgan fingerprint density at radius 3 is 0.897 bits per heavy atom. The van der Waals surface area contributed by atoms with Crippen LogP contribution in [0.25, 0.3) is 121 Å². The predicted octanol–water partition coefficient (Wildman–Crippen LogP) is 21.2. The highest BCUT2D eigenvalue weighted by Crippen LogP contribution is 2.35. The number of rotatable bonds is 4. The quantitative estimate of drug-likeness (QED) is 0.126. The van der Waals surface area contributed by atoms with Gasteiger partial charge in [-0.2, -0.15) is 19.2 Å². The molecule has 478 valence electrons. The van der Waals surface area contributed by atoms with Crippen LogP contribution in [0.3, 0.4) is 0 Å². The first-order valence-corrected chi connectivity index (χ1v) is 32.0. The van der Waals surface area contributed by atoms with Gasteiger partial charge in [0.15, 0.2) is 0 Å². The number of benzene rings is 14. The Hall–Kier alpha value is -12.0. The van der Waals surface area contributed by atoms with Crippen molar-refractivity contribution >= 4 is 98.0 Å². The fourth-order valence-electron chi connectivity index (χ4n) is 11.9. The Labute approximate surface area is 565 Å². The molecule has 0 radical (unpaired) electrons. The van der Waals surface area contributed by atoms with Gasteiger partial charge in [0, 0.05) is 21.5 Å². The molecule has 0 saturated carbocycles. The average Bonchev–Trinajstić information content (AvgIpc) is 1.65. The first-order chi connectivity index (χ1) is 46.2. The van der Waals surface area contributed by atoms with E-state index in [1.807, 2.05) is 42.5 Å². The first-order valence-electron chi connectivity index (χ1n) is 32.0. The molecule has 14 aromatic carbocycles. The summed E-state index contributed by atoms with van der Waals surface area (Å²) in [6.45, 7) is 18.8. The molecule has 0 spiro atoms. The van der Waals surface area contributed by atoms with Crippen LogP contribution in [0.1, 0.15) is 64.9 Å². The van der Waals surface area contributed by atoms with Crippen molar-refractivity contribution in [2.45, 2.75) is 77.2 Å². The molecule has 0 aliphatic carbocycles. The molecule has 18 aromatic rings. The number of fused-ring (bicyclic) bond motifs is 14. The van der Waals surface area contributed by atoms with E-state index in [-0.39, 0.29) is 14.9 Å². The molecule has 4 aromatic heterocycles. The standard InChI is InChI=1S/C22H17N3.C21H15N3.C18H15N3.C14H13N3.C8H10.2CH4/c1-14-7-9-18(10-8-14)25-23-21-11-15(2)19-12-16-5-3-4-6-17(16)13-20(19)22(21)24-25;1-14-10-12-15(13-11-14)24-22-20-18-8-4-2-6-16(18)17-7-3-5-9-19(17)21(20)23-24;1-12-7-9-14(10-8-12)21-19-17-11-13(2)15-5-3-4-6-16(15)18(17)20-21;1-10-3-6-12(7-4-10)17-15-13-8-5-11(2)9-14(13)16-17;1-7-3-5-8(2)6-4-7;;/h3-13H,1-2H3;2-13H,1H3;3-11H,1-2H3;3-9H,1-2H3;3-6H,1-2H3;2*1H4. The molecule has 0 unspecified atom stereocenters. The molecule has 0 amide bonds. The summed E-state index contributed by atoms with van der Waals surface area (Å²) in [6, 6.07) is 89.9. The third-order valence-electron chi connectivity index (χ3n) is 17.2. The molecule has 12 heteroatoms. The van der Waals surface area contributed by atoms with Crippen molar-refractivity contribution in [3.63, 3.8) is 0 Å². The maximum atomic E-state index is 4.80. The van der Waals surface area contributed by atoms with Crippen LogP contribution in [-0.2, 0) is 0 Å². The first kappa shape index (κ1) is 65.1. The van der Waals surface area contributed by atoms with Crippen LogP contribution in [0, 0.1) is 62.3 Å². The van der Waals surface area contributed by atoms with Gasteiger partial charge in [-0.1, -0.05) is 224 Å². The zero-order valence-corrected chi connectivity index (χ0v) is 54.7. The monoisotopic (exact) mass is 1270 g/mol. The van der Waals surface area contributed by atoms with Gasteiger partial charge in [0.05, 0.1) is 22.7 Å². The number of hydrogen-bond acceptors (Lipinski definition) is 8. The van der Waals surface area contributed by atoms with Crippen LogP contribution in [0.4, 0.5) is 0 Å². The van der Waals surface area contributed by atoms with Crippen molar-refractivity contribution in [3.05, 3.63) is 311 Å². The fraction of sp³-hybridized carbons (Fsp3) is 0.129. The molecule has 0 fully saturated rings. The lowest BCUT2D eigenvalue weighted by molar-refractivity contribution is 0.765. The highest BCUT2D eigenvalue weighted by Gasteiger charge is 2.16. The highest BCUT2D eigenvalue weighted by molar-refractivity contribution is 6.23. The summed E-state index contributed by atoms with van der Waals surface area (Å²) >= 11 is 0. The third kappa shape index (κ3) is 13.7. The van der Waals surface area contributed by atoms with Crippen molar-refractivity contribution < 1.29 is 0 Å². The second-order valence-electron chi connectivity index (χ2n) is 24.6. The minimum absolute atomic E-state index is 0. The molecule has 4 heterocycles. The Bertz CT molecular complexity index is 5710. The second kappa shape index (κ2) is 27.9. The van der Waals surface area contributed by atoms with Gasteiger partial charge in [0.1, 0.15) is 44.1 Å². The van der Waals surface area contributed by atoms with Gasteiger partial charge in [0.25, 0.3) is 0 Å². The summed E-state index contributed by atoms with van der Waals surface area (Å²) in [6.07, 6.45) is 0. The van der Waals surface area contributed by atoms with Gasteiger partial charge < -0.3 is 0 Å². The van der Waals surface area contributed by atoms with Crippen LogP contribution in [0.2, 0.25) is 0 Å². The van der Waals surface area contributed by atoms with Crippen LogP contribution in [0.15, 0.2) is 261 Å². The molecule has 0 bridgehead atoms. The maximum Gasteiger partial charge on any atom is 0.122 e. The Balaban J connectivity index is 0.000000119. The lowest BCUT2D eigenvalue weighted by Crippen LogP contribution is -1.97. The molecule has 0 saturated heterocycles. The van der Waals surface area contributed by atoms with E-state index in [9.17, 15) is 0 Å². The maximum absolute atomic E-state index is 4.80. The number of aromatic nitrogens is 12. The summed E-state index contributed by atoms with van der Waals surface area (Å²) in [7, 11) is 0. The smallest absolute Gasteiger partial charge is 0.122 e. The van der Waals surface area contributed by atoms with Crippen LogP contribution >= 0.6 is 0 Å². The minimum Gasteiger partial charge on any atom is -0.150 e. The summed E-state index contributed by atoms with van der Waals surface area (Å²) < 4.78 is 0. The van der Waals surface area contributed by atoms with E-state index in [1.165, 1.54) is 82.4 Å². The Kier molecular flexibility index (Phi) is 18.7. The summed E-state index contributed by atoms with van der Waals surface area (Å²) in [5.41, 5.74) is 22.7. The van der Waals surface area contributed by atoms with Crippen molar-refractivity contribution in [3.8, 4) is 22.7 Å². The van der Waals surface area contributed by atoms with Crippen LogP contribution in [-0.4, -0.2) is 60.0 Å². The zero-order valence-electron chi connectivity index (χ0n) is 54.7. The molecular formula is C85H78N12. The summed E-state index contributed by atoms with van der Waals surface area (Å²) in [5, 5.41) is 49.3. The summed E-state index contributed by atoms with van der Waals surface area (Å²) in [4.78, 5) is 6.88. The van der Waals surface area contributed by atoms with E-state index in [0.29, 0.717) is 0 Å². The van der Waals surface area contributed by atoms with Gasteiger partial charge in [0.2, 0.25) is 0 Å². The third-order valence-corrected chi connectivity index (χ3v) is 17.2. The fourth-order valence-corrected chi connectivity index (χ4v) is 11.9. The van der Waals surface area contributed by atoms with Crippen molar-refractivity contribution in [2.24, 2.45) is 0 Å². The normalized spacial score (nSPS) is 11.0. The SMILES string of the molecule is C.C.Cc1ccc(-n2nc3c4ccccc4c4ccccc4c3n2)cc1.Cc1ccc(-n2nc3cc(C)c4cc5ccccc5cc4c3n2)cc1.Cc1ccc(-n2nc3cc(C)c4ccccc4c3n2)cc1.Cc1ccc(-n2nc3ccc(C)cc3n2)cc1.Cc1ccc(C)cc1. The van der Waals surface area contributed by atoms with E-state index in [0.717, 1.165) is 88.4 Å². The lowest BCUT2D eigenvalue weighted by Gasteiger charge is -2.05. The second-order valence-corrected chi connectivity index (χ2v) is 24.6. The molecule has 0 atom stereocenters. The van der Waals surface area contributed by atoms with Crippen LogP contribution < -0.4 is 0 Å². The van der Waals surface area contributed by atoms with Gasteiger partial charge in [-0.25, -0.2) is 0 Å². The van der Waals surface area contributed by atoms with Crippen molar-refractivity contribution in [1.82, 2.24) is 60.0 Å². The predicted molar refractivity (Wildman–Crippen MR) is 406 cm³/mol. The Morgan fingerprint density at radius 2 is 0.474 bits per heavy atom. The van der Waals surface area contributed by atoms with Crippen molar-refractivity contribution in [1.29, 1.82) is 0 Å². The summed E-state index contributed by atoms with van der Waals surface area (Å²) in [5.74, 6) is 0. The molecule has 0 aliphatic rings. The molecule has 97 heavy (non-hydrogen) atoms. The van der Waals surface area contributed by atoms with Crippen molar-refractivity contribution in [2.75, 3.05) is 0 Å². The van der Waals surface area contributed by atoms with Gasteiger partial charge in [-0.05, 0) is 196 Å². The van der Waals surface area contributed by atoms with E-state index >= 15 is 0 Å². The largest absolute Gasteiger partial charge is 0.150 e. The van der Waals surface area contributed by atoms with Gasteiger partial charge in [-0.3, -0.25) is 0 Å². The molecular weight excluding hydrogens is 1190 g/mol. The molecule has 12 nitrogen and oxygen atoms in total. The van der Waals surface area contributed by atoms with Crippen LogP contribution in [0.5, 0.6) is 0 Å². The van der Waals surface area contributed by atoms with E-state index in [1.54, 1.807) is 19.2 Å². The molecule has 0 aliphatic heterocycles. The number of aryl methyl sites for hydroxylation is 9. The molecule has 18 rings (SSSR count). The lowest BCUT2D eigenvalue weighted by atomic mass is 9.99.